The van der Waals surface area contributed by atoms with E-state index in [-0.39, 0.29) is 0 Å². The molecule has 0 N–H and O–H groups in total. The van der Waals surface area contributed by atoms with Gasteiger partial charge in [-0.15, -0.1) is 0 Å². The highest BCUT2D eigenvalue weighted by Crippen LogP contribution is 2.46. The fraction of sp³-hybridized carbons (Fsp3) is 0. The first-order valence-electron chi connectivity index (χ1n) is 28.9. The van der Waals surface area contributed by atoms with Gasteiger partial charge in [0.05, 0.1) is 5.52 Å². The van der Waals surface area contributed by atoms with Gasteiger partial charge in [-0.25, -0.2) is 0 Å². The second kappa shape index (κ2) is 21.6. The van der Waals surface area contributed by atoms with Gasteiger partial charge in [-0.05, 0) is 144 Å². The fourth-order valence-corrected chi connectivity index (χ4v) is 18.4. The maximum atomic E-state index is 2.54. The van der Waals surface area contributed by atoms with Crippen LogP contribution in [-0.4, -0.2) is 12.6 Å². The van der Waals surface area contributed by atoms with Crippen molar-refractivity contribution in [3.63, 3.8) is 0 Å². The Hall–Kier alpha value is -10.8. The van der Waals surface area contributed by atoms with E-state index in [4.69, 9.17) is 0 Å². The molecular weight excluding hydrogens is 1030 g/mol. The minimum atomic E-state index is -3.14. The number of rotatable bonds is 12. The van der Waals surface area contributed by atoms with E-state index < -0.39 is 8.07 Å². The summed E-state index contributed by atoms with van der Waals surface area (Å²) in [5.41, 5.74) is 19.7. The third-order valence-corrected chi connectivity index (χ3v) is 21.7. The van der Waals surface area contributed by atoms with Gasteiger partial charge in [0.15, 0.2) is 8.07 Å². The van der Waals surface area contributed by atoms with Gasteiger partial charge in [0, 0.05) is 44.7 Å². The van der Waals surface area contributed by atoms with Crippen molar-refractivity contribution in [1.82, 2.24) is 4.57 Å². The molecule has 0 unspecified atom stereocenters. The fourth-order valence-electron chi connectivity index (χ4n) is 13.1. The first kappa shape index (κ1) is 50.2. The van der Waals surface area contributed by atoms with Crippen LogP contribution in [0.2, 0.25) is 0 Å². The molecule has 0 amide bonds. The number of benzene rings is 13. The molecule has 14 aromatic rings. The van der Waals surface area contributed by atoms with Gasteiger partial charge in [0.2, 0.25) is 0 Å². The smallest absolute Gasteiger partial charge is 0.186 e. The van der Waals surface area contributed by atoms with Crippen molar-refractivity contribution < 1.29 is 0 Å². The van der Waals surface area contributed by atoms with E-state index in [1.807, 2.05) is 0 Å². The monoisotopic (exact) mass is 1090 g/mol. The Morgan fingerprint density at radius 2 is 0.619 bits per heavy atom. The lowest BCUT2D eigenvalue weighted by Crippen LogP contribution is -2.77. The zero-order valence-electron chi connectivity index (χ0n) is 46.3. The average Bonchev–Trinajstić information content (AvgIpc) is 1.45. The van der Waals surface area contributed by atoms with Crippen molar-refractivity contribution in [2.24, 2.45) is 0 Å². The third kappa shape index (κ3) is 8.67. The summed E-state index contributed by atoms with van der Waals surface area (Å²) in [5, 5.41) is 6.71. The van der Waals surface area contributed by atoms with E-state index in [2.05, 4.69) is 360 Å². The van der Waals surface area contributed by atoms with Crippen LogP contribution in [0.5, 0.6) is 0 Å². The van der Waals surface area contributed by atoms with Gasteiger partial charge in [-0.2, -0.15) is 0 Å². The van der Waals surface area contributed by atoms with Gasteiger partial charge < -0.3 is 4.90 Å². The van der Waals surface area contributed by atoms with Gasteiger partial charge in [-0.3, -0.25) is 9.47 Å². The Bertz CT molecular complexity index is 4550. The normalized spacial score (nSPS) is 12.4. The van der Waals surface area contributed by atoms with Crippen LogP contribution in [0.15, 0.2) is 346 Å². The quantitative estimate of drug-likeness (QED) is 0.113. The first-order chi connectivity index (χ1) is 41.7. The molecule has 15 rings (SSSR count). The van der Waals surface area contributed by atoms with Crippen LogP contribution < -0.4 is 30.5 Å². The second-order valence-electron chi connectivity index (χ2n) is 21.6. The Kier molecular flexibility index (Phi) is 12.9. The van der Waals surface area contributed by atoms with E-state index in [1.165, 1.54) is 87.7 Å². The molecule has 2 heterocycles. The summed E-state index contributed by atoms with van der Waals surface area (Å²) >= 11 is 0. The highest BCUT2D eigenvalue weighted by Gasteiger charge is 2.52. The Morgan fingerprint density at radius 3 is 1.14 bits per heavy atom. The minimum absolute atomic E-state index is 1.08. The molecule has 0 bridgehead atoms. The SMILES string of the molecule is c1ccc(-c2ccc(N(c3ccc(-c4ccc(-c5cccc6c5c5c(n6-c6ccccc6)N(c6ccccc6)c6ccccc6[Si]5(c5ccccc5)c5ccccc5)cc4)cc3)c3ccc(-c4ccccc4-c4ccccc4)cc3)cc2)cc1. The lowest BCUT2D eigenvalue weighted by molar-refractivity contribution is 1.08. The first-order valence-corrected chi connectivity index (χ1v) is 30.9. The van der Waals surface area contributed by atoms with Crippen molar-refractivity contribution in [2.75, 3.05) is 9.80 Å². The van der Waals surface area contributed by atoms with Crippen LogP contribution in [0.25, 0.3) is 72.2 Å². The summed E-state index contributed by atoms with van der Waals surface area (Å²) in [6.45, 7) is 0. The van der Waals surface area contributed by atoms with Crippen molar-refractivity contribution in [1.29, 1.82) is 0 Å². The lowest BCUT2D eigenvalue weighted by Gasteiger charge is -2.44. The van der Waals surface area contributed by atoms with Crippen LogP contribution in [0.4, 0.5) is 34.3 Å². The predicted octanol–water partition coefficient (Wildman–Crippen LogP) is 18.6. The zero-order valence-corrected chi connectivity index (χ0v) is 47.3. The van der Waals surface area contributed by atoms with Gasteiger partial charge in [0.25, 0.3) is 0 Å². The summed E-state index contributed by atoms with van der Waals surface area (Å²) < 4.78 is 2.54. The van der Waals surface area contributed by atoms with Crippen LogP contribution in [0.3, 0.4) is 0 Å². The van der Waals surface area contributed by atoms with E-state index in [9.17, 15) is 0 Å². The number of para-hydroxylation sites is 3. The molecule has 0 atom stereocenters. The highest BCUT2D eigenvalue weighted by molar-refractivity contribution is 7.22. The van der Waals surface area contributed by atoms with Crippen molar-refractivity contribution >= 4 is 74.0 Å². The molecule has 84 heavy (non-hydrogen) atoms. The van der Waals surface area contributed by atoms with Gasteiger partial charge in [0.1, 0.15) is 5.82 Å². The minimum Gasteiger partial charge on any atom is -0.311 e. The Morgan fingerprint density at radius 1 is 0.262 bits per heavy atom. The topological polar surface area (TPSA) is 11.4 Å². The molecule has 3 nitrogen and oxygen atoms in total. The molecular formula is C80H57N3Si. The average molecular weight is 1090 g/mol. The van der Waals surface area contributed by atoms with Crippen molar-refractivity contribution in [3.8, 4) is 61.3 Å². The lowest BCUT2D eigenvalue weighted by atomic mass is 9.94. The molecule has 1 aliphatic heterocycles. The maximum Gasteiger partial charge on any atom is 0.186 e. The molecule has 0 fully saturated rings. The number of fused-ring (bicyclic) bond motifs is 4. The summed E-state index contributed by atoms with van der Waals surface area (Å²) in [7, 11) is -3.14. The van der Waals surface area contributed by atoms with Crippen LogP contribution >= 0.6 is 0 Å². The highest BCUT2D eigenvalue weighted by atomic mass is 28.3. The van der Waals surface area contributed by atoms with Crippen LogP contribution in [-0.2, 0) is 0 Å². The van der Waals surface area contributed by atoms with E-state index in [0.717, 1.165) is 39.6 Å². The summed E-state index contributed by atoms with van der Waals surface area (Å²) in [5.74, 6) is 1.18. The van der Waals surface area contributed by atoms with Crippen LogP contribution in [0, 0.1) is 0 Å². The van der Waals surface area contributed by atoms with Crippen molar-refractivity contribution in [2.45, 2.75) is 0 Å². The van der Waals surface area contributed by atoms with Crippen molar-refractivity contribution in [3.05, 3.63) is 346 Å². The molecule has 0 spiro atoms. The molecule has 13 aromatic carbocycles. The molecule has 0 saturated heterocycles. The Labute approximate surface area is 492 Å². The van der Waals surface area contributed by atoms with Crippen LogP contribution in [0.1, 0.15) is 0 Å². The third-order valence-electron chi connectivity index (χ3n) is 16.9. The predicted molar refractivity (Wildman–Crippen MR) is 357 cm³/mol. The number of hydrogen-bond donors (Lipinski definition) is 0. The van der Waals surface area contributed by atoms with E-state index in [1.54, 1.807) is 0 Å². The molecule has 0 aliphatic carbocycles. The molecule has 0 radical (unpaired) electrons. The number of anilines is 6. The second-order valence-corrected chi connectivity index (χ2v) is 25.3. The van der Waals surface area contributed by atoms with E-state index in [0.29, 0.717) is 0 Å². The largest absolute Gasteiger partial charge is 0.311 e. The summed E-state index contributed by atoms with van der Waals surface area (Å²) in [6.07, 6.45) is 0. The van der Waals surface area contributed by atoms with Gasteiger partial charge in [-0.1, -0.05) is 273 Å². The number of nitrogens with zero attached hydrogens (tertiary/aromatic N) is 3. The van der Waals surface area contributed by atoms with E-state index >= 15 is 0 Å². The maximum absolute atomic E-state index is 3.14. The zero-order chi connectivity index (χ0) is 55.8. The molecule has 0 saturated carbocycles. The molecule has 1 aliphatic rings. The molecule has 1 aromatic heterocycles. The molecule has 4 heteroatoms. The standard InChI is InChI=1S/C80H57N3Si/c1-7-24-58(25-8-1)60-46-52-67(53-47-60)81(69-56-50-63(51-57-69)73-37-20-19-36-72(73)62-26-9-2-10-27-62)68-54-48-61(49-55-68)59-42-44-64(45-43-59)74-38-23-40-76-78(74)79-80(83(76)66-30-13-4-14-31-66)82(65-28-11-3-12-29-65)75-39-21-22-41-77(75)84(79,70-32-15-5-16-33-70)71-34-17-6-18-35-71/h1-57H. The number of aromatic nitrogens is 1. The van der Waals surface area contributed by atoms with Gasteiger partial charge >= 0.3 is 0 Å². The summed E-state index contributed by atoms with van der Waals surface area (Å²) in [6, 6.07) is 127. The number of hydrogen-bond acceptors (Lipinski definition) is 2. The summed E-state index contributed by atoms with van der Waals surface area (Å²) in [4.78, 5) is 4.90. The molecule has 396 valence electrons. The Balaban J connectivity index is 0.860.